The molecule has 0 fully saturated rings. The minimum atomic E-state index is -3.28. The molecule has 1 rings (SSSR count). The van der Waals surface area contributed by atoms with Crippen molar-refractivity contribution in [3.05, 3.63) is 33.4 Å². The van der Waals surface area contributed by atoms with Gasteiger partial charge in [-0.25, -0.2) is 4.79 Å². The fourth-order valence-electron chi connectivity index (χ4n) is 1.27. The number of nitrogens with zero attached hydrogens (tertiary/aromatic N) is 2. The zero-order chi connectivity index (χ0) is 14.6. The van der Waals surface area contributed by atoms with Crippen molar-refractivity contribution in [1.29, 1.82) is 5.26 Å². The van der Waals surface area contributed by atoms with Crippen molar-refractivity contribution in [1.82, 2.24) is 0 Å². The first-order valence-electron chi connectivity index (χ1n) is 4.66. The maximum absolute atomic E-state index is 12.2. The zero-order valence-electron chi connectivity index (χ0n) is 9.42. The monoisotopic (exact) mass is 272 g/mol. The number of methoxy groups -OCH3 is 1. The summed E-state index contributed by atoms with van der Waals surface area (Å²) in [4.78, 5) is 21.1. The summed E-state index contributed by atoms with van der Waals surface area (Å²) in [6.45, 7) is -3.28. The molecule has 0 aliphatic rings. The number of carbonyl (C=O) groups is 1. The van der Waals surface area contributed by atoms with Crippen molar-refractivity contribution in [2.24, 2.45) is 0 Å². The maximum atomic E-state index is 12.2. The van der Waals surface area contributed by atoms with Crippen molar-refractivity contribution in [3.63, 3.8) is 0 Å². The molecule has 1 aromatic rings. The van der Waals surface area contributed by atoms with Crippen molar-refractivity contribution in [3.8, 4) is 11.8 Å². The minimum absolute atomic E-state index is 0.466. The number of nitro benzene ring substituents is 1. The molecule has 19 heavy (non-hydrogen) atoms. The van der Waals surface area contributed by atoms with E-state index in [1.54, 1.807) is 0 Å². The summed E-state index contributed by atoms with van der Waals surface area (Å²) in [6.07, 6.45) is 0. The Labute approximate surface area is 105 Å². The van der Waals surface area contributed by atoms with E-state index in [4.69, 9.17) is 5.26 Å². The fraction of sp³-hybridized carbons (Fsp3) is 0.200. The Hall–Kier alpha value is -2.76. The van der Waals surface area contributed by atoms with Crippen LogP contribution in [0.15, 0.2) is 12.1 Å². The Morgan fingerprint density at radius 1 is 1.53 bits per heavy atom. The lowest BCUT2D eigenvalue weighted by Crippen LogP contribution is -2.10. The van der Waals surface area contributed by atoms with E-state index in [-0.39, 0.29) is 0 Å². The van der Waals surface area contributed by atoms with E-state index in [1.165, 1.54) is 6.07 Å². The van der Waals surface area contributed by atoms with Crippen LogP contribution in [0.2, 0.25) is 0 Å². The number of nitriles is 1. The van der Waals surface area contributed by atoms with Crippen LogP contribution in [0.25, 0.3) is 0 Å². The molecule has 9 heteroatoms. The summed E-state index contributed by atoms with van der Waals surface area (Å²) >= 11 is 0. The zero-order valence-corrected chi connectivity index (χ0v) is 9.42. The lowest BCUT2D eigenvalue weighted by atomic mass is 10.1. The Kier molecular flexibility index (Phi) is 4.31. The van der Waals surface area contributed by atoms with Crippen molar-refractivity contribution in [2.75, 3.05) is 7.11 Å². The number of carbonyl (C=O) groups excluding carboxylic acids is 1. The molecule has 0 N–H and O–H groups in total. The predicted molar refractivity (Wildman–Crippen MR) is 55.8 cm³/mol. The van der Waals surface area contributed by atoms with Gasteiger partial charge in [0.1, 0.15) is 22.9 Å². The number of hydrogen-bond donors (Lipinski definition) is 0. The molecule has 0 bridgehead atoms. The Bertz CT molecular complexity index is 568. The van der Waals surface area contributed by atoms with E-state index in [1.807, 2.05) is 0 Å². The summed E-state index contributed by atoms with van der Waals surface area (Å²) in [5.41, 5.74) is -1.71. The van der Waals surface area contributed by atoms with Gasteiger partial charge in [0, 0.05) is 0 Å². The highest BCUT2D eigenvalue weighted by atomic mass is 19.3. The Balaban J connectivity index is 3.48. The second-order valence-electron chi connectivity index (χ2n) is 3.10. The summed E-state index contributed by atoms with van der Waals surface area (Å²) in [5, 5.41) is 19.4. The highest BCUT2D eigenvalue weighted by molar-refractivity contribution is 5.93. The van der Waals surface area contributed by atoms with Gasteiger partial charge in [0.25, 0.3) is 5.69 Å². The summed E-state index contributed by atoms with van der Waals surface area (Å²) < 4.78 is 32.7. The first kappa shape index (κ1) is 14.3. The molecule has 0 unspecified atom stereocenters. The Morgan fingerprint density at radius 2 is 2.16 bits per heavy atom. The van der Waals surface area contributed by atoms with Gasteiger partial charge < -0.3 is 9.47 Å². The second-order valence-corrected chi connectivity index (χ2v) is 3.10. The molecular weight excluding hydrogens is 266 g/mol. The summed E-state index contributed by atoms with van der Waals surface area (Å²) in [6, 6.07) is 2.83. The standard InChI is InChI=1S/C10H6F2N2O5/c1-18-9(15)6-2-5(4-13)7(14(16)17)3-8(6)19-10(11)12/h2-3,10H,1H3. The third kappa shape index (κ3) is 3.12. The van der Waals surface area contributed by atoms with E-state index < -0.39 is 40.1 Å². The highest BCUT2D eigenvalue weighted by Crippen LogP contribution is 2.30. The van der Waals surface area contributed by atoms with Gasteiger partial charge in [-0.1, -0.05) is 0 Å². The van der Waals surface area contributed by atoms with Gasteiger partial charge in [0.2, 0.25) is 0 Å². The lowest BCUT2D eigenvalue weighted by Gasteiger charge is -2.09. The molecule has 0 aromatic heterocycles. The van der Waals surface area contributed by atoms with Gasteiger partial charge in [-0.15, -0.1) is 0 Å². The molecule has 0 heterocycles. The summed E-state index contributed by atoms with van der Waals surface area (Å²) in [7, 11) is 0.988. The predicted octanol–water partition coefficient (Wildman–Crippen LogP) is 1.85. The van der Waals surface area contributed by atoms with Gasteiger partial charge >= 0.3 is 12.6 Å². The lowest BCUT2D eigenvalue weighted by molar-refractivity contribution is -0.385. The second kappa shape index (κ2) is 5.72. The maximum Gasteiger partial charge on any atom is 0.387 e. The minimum Gasteiger partial charge on any atom is -0.465 e. The highest BCUT2D eigenvalue weighted by Gasteiger charge is 2.24. The van der Waals surface area contributed by atoms with Crippen LogP contribution in [0.4, 0.5) is 14.5 Å². The van der Waals surface area contributed by atoms with E-state index in [0.29, 0.717) is 6.07 Å². The van der Waals surface area contributed by atoms with Gasteiger partial charge in [-0.2, -0.15) is 14.0 Å². The van der Waals surface area contributed by atoms with Crippen molar-refractivity contribution in [2.45, 2.75) is 6.61 Å². The first-order chi connectivity index (χ1) is 8.90. The van der Waals surface area contributed by atoms with Crippen molar-refractivity contribution >= 4 is 11.7 Å². The van der Waals surface area contributed by atoms with Gasteiger partial charge in [-0.3, -0.25) is 10.1 Å². The number of halogens is 2. The quantitative estimate of drug-likeness (QED) is 0.470. The molecule has 0 spiro atoms. The number of rotatable bonds is 4. The third-order valence-electron chi connectivity index (χ3n) is 2.04. The smallest absolute Gasteiger partial charge is 0.387 e. The molecular formula is C10H6F2N2O5. The SMILES string of the molecule is COC(=O)c1cc(C#N)c([N+](=O)[O-])cc1OC(F)F. The average Bonchev–Trinajstić information content (AvgIpc) is 2.36. The van der Waals surface area contributed by atoms with Crippen LogP contribution in [0.3, 0.4) is 0 Å². The largest absolute Gasteiger partial charge is 0.465 e. The van der Waals surface area contributed by atoms with Crippen LogP contribution in [0.5, 0.6) is 5.75 Å². The summed E-state index contributed by atoms with van der Waals surface area (Å²) in [5.74, 6) is -1.78. The number of alkyl halides is 2. The fourth-order valence-corrected chi connectivity index (χ4v) is 1.27. The van der Waals surface area contributed by atoms with Gasteiger partial charge in [0.15, 0.2) is 0 Å². The Morgan fingerprint density at radius 3 is 2.58 bits per heavy atom. The molecule has 0 aliphatic heterocycles. The van der Waals surface area contributed by atoms with Crippen molar-refractivity contribution < 1.29 is 28.0 Å². The molecule has 0 saturated heterocycles. The van der Waals surface area contributed by atoms with Crippen LogP contribution in [0.1, 0.15) is 15.9 Å². The van der Waals surface area contributed by atoms with E-state index in [2.05, 4.69) is 9.47 Å². The normalized spacial score (nSPS) is 9.84. The topological polar surface area (TPSA) is 102 Å². The number of ether oxygens (including phenoxy) is 2. The molecule has 0 amide bonds. The molecule has 0 saturated carbocycles. The first-order valence-corrected chi connectivity index (χ1v) is 4.66. The molecule has 0 radical (unpaired) electrons. The molecule has 0 aliphatic carbocycles. The van der Waals surface area contributed by atoms with Crippen LogP contribution >= 0.6 is 0 Å². The number of esters is 1. The van der Waals surface area contributed by atoms with E-state index >= 15 is 0 Å². The molecule has 1 aromatic carbocycles. The van der Waals surface area contributed by atoms with Crippen LogP contribution < -0.4 is 4.74 Å². The average molecular weight is 272 g/mol. The van der Waals surface area contributed by atoms with Crippen LogP contribution in [-0.4, -0.2) is 24.6 Å². The number of nitro groups is 1. The molecule has 7 nitrogen and oxygen atoms in total. The van der Waals surface area contributed by atoms with Gasteiger partial charge in [0.05, 0.1) is 18.1 Å². The van der Waals surface area contributed by atoms with Gasteiger partial charge in [-0.05, 0) is 6.07 Å². The van der Waals surface area contributed by atoms with E-state index in [9.17, 15) is 23.7 Å². The van der Waals surface area contributed by atoms with Crippen LogP contribution in [0, 0.1) is 21.4 Å². The third-order valence-corrected chi connectivity index (χ3v) is 2.04. The van der Waals surface area contributed by atoms with Crippen LogP contribution in [-0.2, 0) is 4.74 Å². The molecule has 0 atom stereocenters. The number of hydrogen-bond acceptors (Lipinski definition) is 6. The molecule has 100 valence electrons. The number of benzene rings is 1. The van der Waals surface area contributed by atoms with E-state index in [0.717, 1.165) is 13.2 Å².